The summed E-state index contributed by atoms with van der Waals surface area (Å²) >= 11 is 1.60. The van der Waals surface area contributed by atoms with Gasteiger partial charge in [-0.2, -0.15) is 0 Å². The maximum Gasteiger partial charge on any atom is 0.0939 e. The summed E-state index contributed by atoms with van der Waals surface area (Å²) in [7, 11) is 0. The van der Waals surface area contributed by atoms with E-state index in [2.05, 4.69) is 4.98 Å². The molecule has 2 heterocycles. The highest BCUT2D eigenvalue weighted by atomic mass is 32.1. The SMILES string of the molecule is Cc1cccnc1CC(O)c1sccc1C. The fourth-order valence-electron chi connectivity index (χ4n) is 1.73. The molecule has 0 radical (unpaired) electrons. The molecule has 16 heavy (non-hydrogen) atoms. The predicted molar refractivity (Wildman–Crippen MR) is 66.7 cm³/mol. The molecule has 2 rings (SSSR count). The van der Waals surface area contributed by atoms with Gasteiger partial charge in [-0.3, -0.25) is 4.98 Å². The lowest BCUT2D eigenvalue weighted by Crippen LogP contribution is -2.04. The zero-order chi connectivity index (χ0) is 11.5. The number of pyridine rings is 1. The van der Waals surface area contributed by atoms with Gasteiger partial charge in [0.05, 0.1) is 6.10 Å². The summed E-state index contributed by atoms with van der Waals surface area (Å²) in [6.07, 6.45) is 1.93. The van der Waals surface area contributed by atoms with Gasteiger partial charge in [0.1, 0.15) is 0 Å². The van der Waals surface area contributed by atoms with Gasteiger partial charge in [-0.05, 0) is 42.5 Å². The Morgan fingerprint density at radius 3 is 2.75 bits per heavy atom. The number of hydrogen-bond donors (Lipinski definition) is 1. The minimum Gasteiger partial charge on any atom is -0.387 e. The van der Waals surface area contributed by atoms with Gasteiger partial charge in [0.2, 0.25) is 0 Å². The molecule has 0 aliphatic carbocycles. The monoisotopic (exact) mass is 233 g/mol. The first-order valence-corrected chi connectivity index (χ1v) is 6.19. The number of aryl methyl sites for hydroxylation is 2. The fraction of sp³-hybridized carbons (Fsp3) is 0.308. The van der Waals surface area contributed by atoms with E-state index in [1.807, 2.05) is 37.4 Å². The third-order valence-electron chi connectivity index (χ3n) is 2.71. The van der Waals surface area contributed by atoms with Gasteiger partial charge in [0.15, 0.2) is 0 Å². The molecule has 0 aromatic carbocycles. The van der Waals surface area contributed by atoms with E-state index < -0.39 is 6.10 Å². The second kappa shape index (κ2) is 4.76. The van der Waals surface area contributed by atoms with E-state index in [4.69, 9.17) is 0 Å². The summed E-state index contributed by atoms with van der Waals surface area (Å²) in [5.41, 5.74) is 3.27. The molecule has 0 aliphatic heterocycles. The predicted octanol–water partition coefficient (Wildman–Crippen LogP) is 3.04. The van der Waals surface area contributed by atoms with Gasteiger partial charge in [0.25, 0.3) is 0 Å². The lowest BCUT2D eigenvalue weighted by molar-refractivity contribution is 0.180. The van der Waals surface area contributed by atoms with Crippen LogP contribution in [0.2, 0.25) is 0 Å². The molecular formula is C13H15NOS. The standard InChI is InChI=1S/C13H15NOS/c1-9-4-3-6-14-11(9)8-12(15)13-10(2)5-7-16-13/h3-7,12,15H,8H2,1-2H3. The Morgan fingerprint density at radius 2 is 2.12 bits per heavy atom. The molecule has 0 aliphatic rings. The summed E-state index contributed by atoms with van der Waals surface area (Å²) in [4.78, 5) is 5.35. The second-order valence-electron chi connectivity index (χ2n) is 3.95. The number of rotatable bonds is 3. The Hall–Kier alpha value is -1.19. The lowest BCUT2D eigenvalue weighted by atomic mass is 10.1. The lowest BCUT2D eigenvalue weighted by Gasteiger charge is -2.11. The number of hydrogen-bond acceptors (Lipinski definition) is 3. The maximum atomic E-state index is 10.1. The molecule has 1 atom stereocenters. The average Bonchev–Trinajstić information content (AvgIpc) is 2.68. The van der Waals surface area contributed by atoms with Crippen LogP contribution in [0.15, 0.2) is 29.8 Å². The third-order valence-corrected chi connectivity index (χ3v) is 3.83. The van der Waals surface area contributed by atoms with Crippen molar-refractivity contribution >= 4 is 11.3 Å². The van der Waals surface area contributed by atoms with Crippen LogP contribution in [0.5, 0.6) is 0 Å². The molecule has 1 N–H and O–H groups in total. The topological polar surface area (TPSA) is 33.1 Å². The van der Waals surface area contributed by atoms with Crippen molar-refractivity contribution in [1.82, 2.24) is 4.98 Å². The zero-order valence-electron chi connectivity index (χ0n) is 9.47. The van der Waals surface area contributed by atoms with E-state index in [0.717, 1.165) is 21.7 Å². The van der Waals surface area contributed by atoms with Crippen LogP contribution in [0.4, 0.5) is 0 Å². The first-order chi connectivity index (χ1) is 7.68. The van der Waals surface area contributed by atoms with Gasteiger partial charge < -0.3 is 5.11 Å². The molecule has 0 saturated heterocycles. The van der Waals surface area contributed by atoms with Gasteiger partial charge >= 0.3 is 0 Å². The van der Waals surface area contributed by atoms with E-state index in [0.29, 0.717) is 6.42 Å². The van der Waals surface area contributed by atoms with Crippen molar-refractivity contribution in [3.8, 4) is 0 Å². The molecule has 84 valence electrons. The van der Waals surface area contributed by atoms with Crippen molar-refractivity contribution in [2.45, 2.75) is 26.4 Å². The summed E-state index contributed by atoms with van der Waals surface area (Å²) in [6, 6.07) is 5.98. The van der Waals surface area contributed by atoms with Gasteiger partial charge in [-0.25, -0.2) is 0 Å². The van der Waals surface area contributed by atoms with Gasteiger partial charge in [-0.1, -0.05) is 6.07 Å². The molecule has 3 heteroatoms. The minimum atomic E-state index is -0.436. The van der Waals surface area contributed by atoms with Crippen molar-refractivity contribution in [3.63, 3.8) is 0 Å². The number of aromatic nitrogens is 1. The minimum absolute atomic E-state index is 0.436. The molecule has 2 aromatic heterocycles. The smallest absolute Gasteiger partial charge is 0.0939 e. The van der Waals surface area contributed by atoms with Crippen LogP contribution >= 0.6 is 11.3 Å². The molecule has 1 unspecified atom stereocenters. The van der Waals surface area contributed by atoms with Crippen LogP contribution in [-0.2, 0) is 6.42 Å². The van der Waals surface area contributed by atoms with E-state index in [9.17, 15) is 5.11 Å². The summed E-state index contributed by atoms with van der Waals surface area (Å²) in [5, 5.41) is 12.2. The number of nitrogens with zero attached hydrogens (tertiary/aromatic N) is 1. The fourth-order valence-corrected chi connectivity index (χ4v) is 2.65. The molecule has 0 amide bonds. The highest BCUT2D eigenvalue weighted by Gasteiger charge is 2.14. The van der Waals surface area contributed by atoms with Crippen molar-refractivity contribution in [3.05, 3.63) is 51.5 Å². The molecule has 2 aromatic rings. The summed E-state index contributed by atoms with van der Waals surface area (Å²) in [6.45, 7) is 4.05. The Morgan fingerprint density at radius 1 is 1.31 bits per heavy atom. The van der Waals surface area contributed by atoms with Gasteiger partial charge in [0, 0.05) is 23.2 Å². The molecule has 0 fully saturated rings. The van der Waals surface area contributed by atoms with Crippen molar-refractivity contribution in [1.29, 1.82) is 0 Å². The van der Waals surface area contributed by atoms with E-state index in [1.165, 1.54) is 0 Å². The zero-order valence-corrected chi connectivity index (χ0v) is 10.3. The Labute approximate surface area is 99.6 Å². The van der Waals surface area contributed by atoms with Crippen LogP contribution in [-0.4, -0.2) is 10.1 Å². The van der Waals surface area contributed by atoms with E-state index in [-0.39, 0.29) is 0 Å². The number of thiophene rings is 1. The third kappa shape index (κ3) is 2.31. The largest absolute Gasteiger partial charge is 0.387 e. The molecule has 0 spiro atoms. The molecule has 0 bridgehead atoms. The van der Waals surface area contributed by atoms with Crippen LogP contribution < -0.4 is 0 Å². The quantitative estimate of drug-likeness (QED) is 0.884. The normalized spacial score (nSPS) is 12.7. The Bertz CT molecular complexity index is 478. The first-order valence-electron chi connectivity index (χ1n) is 5.31. The van der Waals surface area contributed by atoms with Gasteiger partial charge in [-0.15, -0.1) is 11.3 Å². The Balaban J connectivity index is 2.17. The number of aliphatic hydroxyl groups excluding tert-OH is 1. The molecule has 0 saturated carbocycles. The summed E-state index contributed by atoms with van der Waals surface area (Å²) < 4.78 is 0. The highest BCUT2D eigenvalue weighted by molar-refractivity contribution is 7.10. The Kier molecular flexibility index (Phi) is 3.36. The van der Waals surface area contributed by atoms with Crippen LogP contribution in [0, 0.1) is 13.8 Å². The van der Waals surface area contributed by atoms with Crippen LogP contribution in [0.25, 0.3) is 0 Å². The first kappa shape index (κ1) is 11.3. The van der Waals surface area contributed by atoms with Crippen molar-refractivity contribution in [2.75, 3.05) is 0 Å². The second-order valence-corrected chi connectivity index (χ2v) is 4.90. The van der Waals surface area contributed by atoms with Crippen molar-refractivity contribution in [2.24, 2.45) is 0 Å². The van der Waals surface area contributed by atoms with E-state index >= 15 is 0 Å². The number of aliphatic hydroxyl groups is 1. The van der Waals surface area contributed by atoms with Crippen LogP contribution in [0.1, 0.15) is 27.8 Å². The van der Waals surface area contributed by atoms with Crippen LogP contribution in [0.3, 0.4) is 0 Å². The van der Waals surface area contributed by atoms with E-state index in [1.54, 1.807) is 17.5 Å². The van der Waals surface area contributed by atoms with Crippen molar-refractivity contribution < 1.29 is 5.11 Å². The molecule has 2 nitrogen and oxygen atoms in total. The molecular weight excluding hydrogens is 218 g/mol. The highest BCUT2D eigenvalue weighted by Crippen LogP contribution is 2.26. The maximum absolute atomic E-state index is 10.1. The summed E-state index contributed by atoms with van der Waals surface area (Å²) in [5.74, 6) is 0. The average molecular weight is 233 g/mol.